The van der Waals surface area contributed by atoms with Crippen LogP contribution in [0.4, 0.5) is 22.4 Å². The lowest BCUT2D eigenvalue weighted by Crippen LogP contribution is -2.24. The topological polar surface area (TPSA) is 76.7 Å². The first-order valence-corrected chi connectivity index (χ1v) is 4.42. The molecular weight excluding hydrogens is 258 g/mol. The van der Waals surface area contributed by atoms with Gasteiger partial charge in [0.1, 0.15) is 11.6 Å². The Labute approximate surface area is 98.2 Å². The summed E-state index contributed by atoms with van der Waals surface area (Å²) in [6, 6.07) is 1.49. The summed E-state index contributed by atoms with van der Waals surface area (Å²) in [7, 11) is 0. The third kappa shape index (κ3) is 4.68. The number of nitrogens with one attached hydrogen (secondary N) is 1. The Morgan fingerprint density at radius 3 is 2.61 bits per heavy atom. The summed E-state index contributed by atoms with van der Waals surface area (Å²) in [5.41, 5.74) is 6.35. The fraction of sp³-hybridized carbons (Fsp3) is 0.111. The van der Waals surface area contributed by atoms with Crippen LogP contribution in [-0.2, 0) is 0 Å². The predicted octanol–water partition coefficient (Wildman–Crippen LogP) is 1.73. The lowest BCUT2D eigenvalue weighted by molar-refractivity contribution is -0.274. The molecule has 98 valence electrons. The number of urea groups is 1. The number of nitrogens with zero attached hydrogens (tertiary/aromatic N) is 1. The number of hydrazone groups is 1. The van der Waals surface area contributed by atoms with Gasteiger partial charge in [0.05, 0.1) is 6.21 Å². The van der Waals surface area contributed by atoms with Crippen molar-refractivity contribution in [2.24, 2.45) is 10.8 Å². The second kappa shape index (κ2) is 5.34. The second-order valence-corrected chi connectivity index (χ2v) is 2.97. The Kier molecular flexibility index (Phi) is 4.08. The van der Waals surface area contributed by atoms with Crippen LogP contribution in [0.5, 0.6) is 5.75 Å². The van der Waals surface area contributed by atoms with Crippen LogP contribution in [0.3, 0.4) is 0 Å². The van der Waals surface area contributed by atoms with Gasteiger partial charge in [-0.3, -0.25) is 0 Å². The lowest BCUT2D eigenvalue weighted by atomic mass is 10.2. The molecule has 0 aliphatic rings. The van der Waals surface area contributed by atoms with Crippen molar-refractivity contribution in [3.63, 3.8) is 0 Å². The molecule has 0 fully saturated rings. The summed E-state index contributed by atoms with van der Waals surface area (Å²) in [5, 5.41) is 3.25. The van der Waals surface area contributed by atoms with Crippen LogP contribution in [0.15, 0.2) is 23.3 Å². The van der Waals surface area contributed by atoms with E-state index < -0.39 is 24.0 Å². The SMILES string of the molecule is NC(=O)NN=Cc1ccc(OC(F)(F)F)cc1F. The van der Waals surface area contributed by atoms with E-state index in [0.29, 0.717) is 6.07 Å². The van der Waals surface area contributed by atoms with E-state index >= 15 is 0 Å². The van der Waals surface area contributed by atoms with Crippen molar-refractivity contribution in [3.05, 3.63) is 29.6 Å². The molecule has 2 amide bonds. The number of hydrogen-bond donors (Lipinski definition) is 2. The molecule has 3 N–H and O–H groups in total. The molecule has 0 saturated carbocycles. The Hall–Kier alpha value is -2.32. The highest BCUT2D eigenvalue weighted by Crippen LogP contribution is 2.23. The molecule has 0 aromatic heterocycles. The number of halogens is 4. The average Bonchev–Trinajstić information content (AvgIpc) is 2.18. The maximum Gasteiger partial charge on any atom is 0.573 e. The van der Waals surface area contributed by atoms with Gasteiger partial charge >= 0.3 is 12.4 Å². The molecule has 0 spiro atoms. The van der Waals surface area contributed by atoms with E-state index in [4.69, 9.17) is 0 Å². The zero-order valence-electron chi connectivity index (χ0n) is 8.66. The van der Waals surface area contributed by atoms with Crippen molar-refractivity contribution in [2.45, 2.75) is 6.36 Å². The highest BCUT2D eigenvalue weighted by Gasteiger charge is 2.31. The second-order valence-electron chi connectivity index (χ2n) is 2.97. The predicted molar refractivity (Wildman–Crippen MR) is 53.4 cm³/mol. The van der Waals surface area contributed by atoms with E-state index in [0.717, 1.165) is 18.3 Å². The van der Waals surface area contributed by atoms with Crippen molar-refractivity contribution >= 4 is 12.2 Å². The first kappa shape index (κ1) is 13.7. The highest BCUT2D eigenvalue weighted by atomic mass is 19.4. The number of primary amides is 1. The maximum atomic E-state index is 13.3. The number of ether oxygens (including phenoxy) is 1. The minimum absolute atomic E-state index is 0.140. The molecule has 0 atom stereocenters. The van der Waals surface area contributed by atoms with E-state index in [-0.39, 0.29) is 5.56 Å². The average molecular weight is 265 g/mol. The summed E-state index contributed by atoms with van der Waals surface area (Å²) >= 11 is 0. The van der Waals surface area contributed by atoms with Crippen LogP contribution in [-0.4, -0.2) is 18.6 Å². The minimum Gasteiger partial charge on any atom is -0.406 e. The number of alkyl halides is 3. The van der Waals surface area contributed by atoms with Crippen LogP contribution < -0.4 is 15.9 Å². The van der Waals surface area contributed by atoms with Gasteiger partial charge in [-0.2, -0.15) is 5.10 Å². The number of carbonyl (C=O) groups excluding carboxylic acids is 1. The molecule has 0 saturated heterocycles. The lowest BCUT2D eigenvalue weighted by Gasteiger charge is -2.08. The zero-order valence-corrected chi connectivity index (χ0v) is 8.66. The zero-order chi connectivity index (χ0) is 13.8. The molecule has 0 aliphatic carbocycles. The molecule has 9 heteroatoms. The smallest absolute Gasteiger partial charge is 0.406 e. The summed E-state index contributed by atoms with van der Waals surface area (Å²) in [6.45, 7) is 0. The molecule has 0 radical (unpaired) electrons. The van der Waals surface area contributed by atoms with Gasteiger partial charge in [-0.15, -0.1) is 13.2 Å². The number of benzene rings is 1. The molecular formula is C9H7F4N3O2. The molecule has 5 nitrogen and oxygen atoms in total. The van der Waals surface area contributed by atoms with E-state index in [1.54, 1.807) is 5.43 Å². The van der Waals surface area contributed by atoms with Gasteiger partial charge in [-0.25, -0.2) is 14.6 Å². The molecule has 0 heterocycles. The van der Waals surface area contributed by atoms with Crippen molar-refractivity contribution in [2.75, 3.05) is 0 Å². The summed E-state index contributed by atoms with van der Waals surface area (Å²) in [6.07, 6.45) is -4.01. The van der Waals surface area contributed by atoms with Gasteiger partial charge in [0.25, 0.3) is 0 Å². The fourth-order valence-electron chi connectivity index (χ4n) is 0.975. The highest BCUT2D eigenvalue weighted by molar-refractivity contribution is 5.81. The van der Waals surface area contributed by atoms with Crippen LogP contribution in [0.1, 0.15) is 5.56 Å². The van der Waals surface area contributed by atoms with Crippen molar-refractivity contribution in [3.8, 4) is 5.75 Å². The summed E-state index contributed by atoms with van der Waals surface area (Å²) < 4.78 is 52.3. The Balaban J connectivity index is 2.80. The van der Waals surface area contributed by atoms with Gasteiger partial charge < -0.3 is 10.5 Å². The van der Waals surface area contributed by atoms with Crippen LogP contribution in [0.2, 0.25) is 0 Å². The first-order valence-electron chi connectivity index (χ1n) is 4.42. The monoisotopic (exact) mass is 265 g/mol. The largest absolute Gasteiger partial charge is 0.573 e. The first-order chi connectivity index (χ1) is 8.28. The van der Waals surface area contributed by atoms with E-state index in [1.165, 1.54) is 0 Å². The van der Waals surface area contributed by atoms with Gasteiger partial charge in [0.2, 0.25) is 0 Å². The normalized spacial score (nSPS) is 11.6. The van der Waals surface area contributed by atoms with E-state index in [9.17, 15) is 22.4 Å². The summed E-state index contributed by atoms with van der Waals surface area (Å²) in [5.74, 6) is -1.69. The quantitative estimate of drug-likeness (QED) is 0.496. The Morgan fingerprint density at radius 2 is 2.11 bits per heavy atom. The molecule has 0 aliphatic heterocycles. The third-order valence-electron chi connectivity index (χ3n) is 1.58. The number of rotatable bonds is 3. The van der Waals surface area contributed by atoms with Crippen molar-refractivity contribution < 1.29 is 27.1 Å². The standard InChI is InChI=1S/C9H7F4N3O2/c10-7-3-6(18-9(11,12)13)2-1-5(7)4-15-16-8(14)17/h1-4H,(H3,14,16,17). The molecule has 1 aromatic rings. The van der Waals surface area contributed by atoms with E-state index in [1.807, 2.05) is 0 Å². The number of carbonyl (C=O) groups is 1. The van der Waals surface area contributed by atoms with Crippen LogP contribution >= 0.6 is 0 Å². The van der Waals surface area contributed by atoms with Crippen molar-refractivity contribution in [1.29, 1.82) is 0 Å². The number of hydrogen-bond acceptors (Lipinski definition) is 3. The number of nitrogens with two attached hydrogens (primary N) is 1. The molecule has 0 unspecified atom stereocenters. The Morgan fingerprint density at radius 1 is 1.44 bits per heavy atom. The third-order valence-corrected chi connectivity index (χ3v) is 1.58. The fourth-order valence-corrected chi connectivity index (χ4v) is 0.975. The van der Waals surface area contributed by atoms with E-state index in [2.05, 4.69) is 15.6 Å². The van der Waals surface area contributed by atoms with Crippen LogP contribution in [0.25, 0.3) is 0 Å². The van der Waals surface area contributed by atoms with Gasteiger partial charge in [-0.1, -0.05) is 0 Å². The molecule has 1 aromatic carbocycles. The van der Waals surface area contributed by atoms with Gasteiger partial charge in [0.15, 0.2) is 0 Å². The van der Waals surface area contributed by atoms with Crippen LogP contribution in [0, 0.1) is 5.82 Å². The molecule has 0 bridgehead atoms. The Bertz CT molecular complexity index is 473. The van der Waals surface area contributed by atoms with Crippen molar-refractivity contribution in [1.82, 2.24) is 5.43 Å². The van der Waals surface area contributed by atoms with Gasteiger partial charge in [-0.05, 0) is 12.1 Å². The molecule has 1 rings (SSSR count). The summed E-state index contributed by atoms with van der Waals surface area (Å²) in [4.78, 5) is 10.2. The maximum absolute atomic E-state index is 13.3. The van der Waals surface area contributed by atoms with Gasteiger partial charge in [0, 0.05) is 11.6 Å². The molecule has 18 heavy (non-hydrogen) atoms. The number of amides is 2. The minimum atomic E-state index is -4.89.